The lowest BCUT2D eigenvalue weighted by Gasteiger charge is -2.30. The number of benzene rings is 2. The van der Waals surface area contributed by atoms with Crippen molar-refractivity contribution >= 4 is 23.3 Å². The molecular formula is C24H25ClN2O2. The highest BCUT2D eigenvalue weighted by molar-refractivity contribution is 6.30. The van der Waals surface area contributed by atoms with Gasteiger partial charge in [0, 0.05) is 16.3 Å². The van der Waals surface area contributed by atoms with Crippen LogP contribution in [-0.4, -0.2) is 21.8 Å². The molecule has 4 nitrogen and oxygen atoms in total. The Balaban J connectivity index is 2.28. The summed E-state index contributed by atoms with van der Waals surface area (Å²) < 4.78 is 0. The lowest BCUT2D eigenvalue weighted by Crippen LogP contribution is -2.32. The van der Waals surface area contributed by atoms with E-state index < -0.39 is 17.9 Å². The summed E-state index contributed by atoms with van der Waals surface area (Å²) in [6, 6.07) is 13.3. The average molecular weight is 409 g/mol. The van der Waals surface area contributed by atoms with Gasteiger partial charge >= 0.3 is 5.97 Å². The van der Waals surface area contributed by atoms with Gasteiger partial charge in [-0.2, -0.15) is 5.10 Å². The second kappa shape index (κ2) is 8.26. The van der Waals surface area contributed by atoms with E-state index in [2.05, 4.69) is 6.58 Å². The van der Waals surface area contributed by atoms with E-state index in [1.165, 1.54) is 0 Å². The highest BCUT2D eigenvalue weighted by Gasteiger charge is 2.45. The largest absolute Gasteiger partial charge is 0.481 e. The molecule has 1 aliphatic heterocycles. The predicted molar refractivity (Wildman–Crippen MR) is 118 cm³/mol. The third-order valence-corrected chi connectivity index (χ3v) is 5.45. The zero-order valence-electron chi connectivity index (χ0n) is 17.1. The van der Waals surface area contributed by atoms with E-state index in [1.807, 2.05) is 70.2 Å². The highest BCUT2D eigenvalue weighted by Crippen LogP contribution is 2.43. The minimum absolute atomic E-state index is 0.370. The second-order valence-electron chi connectivity index (χ2n) is 7.44. The van der Waals surface area contributed by atoms with Crippen molar-refractivity contribution < 1.29 is 9.90 Å². The van der Waals surface area contributed by atoms with Gasteiger partial charge in [0.25, 0.3) is 0 Å². The fraction of sp³-hybridized carbons (Fsp3) is 0.250. The number of hydrazone groups is 1. The number of carboxylic acids is 1. The van der Waals surface area contributed by atoms with Gasteiger partial charge < -0.3 is 5.11 Å². The van der Waals surface area contributed by atoms with Crippen LogP contribution in [0.25, 0.3) is 0 Å². The van der Waals surface area contributed by atoms with Gasteiger partial charge in [-0.3, -0.25) is 9.80 Å². The molecule has 0 amide bonds. The molecule has 1 aliphatic rings. The molecule has 2 atom stereocenters. The number of allylic oxidation sites excluding steroid dienone is 3. The molecular weight excluding hydrogens is 384 g/mol. The summed E-state index contributed by atoms with van der Waals surface area (Å²) in [4.78, 5) is 12.5. The summed E-state index contributed by atoms with van der Waals surface area (Å²) in [5.41, 5.74) is 6.16. The zero-order valence-corrected chi connectivity index (χ0v) is 17.9. The first kappa shape index (κ1) is 20.9. The maximum absolute atomic E-state index is 12.5. The molecule has 2 unspecified atom stereocenters. The Kier molecular flexibility index (Phi) is 5.94. The number of hydrogen-bond donors (Lipinski definition) is 1. The lowest BCUT2D eigenvalue weighted by molar-refractivity contribution is -0.140. The van der Waals surface area contributed by atoms with Crippen LogP contribution in [0, 0.1) is 26.7 Å². The average Bonchev–Trinajstić information content (AvgIpc) is 3.02. The topological polar surface area (TPSA) is 52.9 Å². The maximum atomic E-state index is 12.5. The van der Waals surface area contributed by atoms with Crippen LogP contribution in [0.5, 0.6) is 0 Å². The molecule has 1 N–H and O–H groups in total. The van der Waals surface area contributed by atoms with E-state index in [-0.39, 0.29) is 0 Å². The van der Waals surface area contributed by atoms with Crippen LogP contribution in [0.2, 0.25) is 0 Å². The Hall–Kier alpha value is -2.85. The van der Waals surface area contributed by atoms with Crippen molar-refractivity contribution in [2.75, 3.05) is 0 Å². The molecule has 2 aromatic rings. The number of carboxylic acid groups (broad SMARTS) is 1. The number of carbonyl (C=O) groups is 1. The van der Waals surface area contributed by atoms with Gasteiger partial charge in [-0.1, -0.05) is 60.6 Å². The smallest absolute Gasteiger partial charge is 0.315 e. The quantitative estimate of drug-likeness (QED) is 0.642. The van der Waals surface area contributed by atoms with Crippen LogP contribution >= 0.6 is 11.6 Å². The highest BCUT2D eigenvalue weighted by atomic mass is 35.5. The summed E-state index contributed by atoms with van der Waals surface area (Å²) in [5, 5.41) is 17.2. The van der Waals surface area contributed by atoms with Crippen LogP contribution in [0.3, 0.4) is 0 Å². The third kappa shape index (κ3) is 3.99. The number of hydrogen-bond acceptors (Lipinski definition) is 3. The molecule has 2 aromatic carbocycles. The maximum Gasteiger partial charge on any atom is 0.315 e. The minimum Gasteiger partial charge on any atom is -0.481 e. The van der Waals surface area contributed by atoms with E-state index >= 15 is 0 Å². The monoisotopic (exact) mass is 408 g/mol. The molecule has 0 bridgehead atoms. The van der Waals surface area contributed by atoms with Crippen molar-refractivity contribution in [3.63, 3.8) is 0 Å². The first-order valence-electron chi connectivity index (χ1n) is 9.47. The Labute approximate surface area is 176 Å². The van der Waals surface area contributed by atoms with Gasteiger partial charge in [-0.05, 0) is 56.0 Å². The fourth-order valence-corrected chi connectivity index (χ4v) is 4.20. The summed E-state index contributed by atoms with van der Waals surface area (Å²) in [7, 11) is 0. The molecule has 0 saturated heterocycles. The van der Waals surface area contributed by atoms with E-state index in [0.717, 1.165) is 33.5 Å². The van der Waals surface area contributed by atoms with Crippen LogP contribution in [0.1, 0.15) is 40.8 Å². The standard InChI is InChI=1S/C24H25ClN2O2/c1-14-9-6-7-12-19(14)22-21(24(28)29)23(20-15(2)10-8-11-16(20)3)27(26-22)18(5)13-17(4)25/h6-13,21,23H,4H2,1-3,5H3,(H,28,29). The predicted octanol–water partition coefficient (Wildman–Crippen LogP) is 5.73. The first-order chi connectivity index (χ1) is 13.7. The lowest BCUT2D eigenvalue weighted by atomic mass is 9.82. The molecule has 1 heterocycles. The van der Waals surface area contributed by atoms with Crippen molar-refractivity contribution in [1.82, 2.24) is 5.01 Å². The van der Waals surface area contributed by atoms with Gasteiger partial charge in [0.1, 0.15) is 5.92 Å². The molecule has 0 fully saturated rings. The van der Waals surface area contributed by atoms with E-state index in [1.54, 1.807) is 11.1 Å². The van der Waals surface area contributed by atoms with E-state index in [4.69, 9.17) is 16.7 Å². The molecule has 0 saturated carbocycles. The molecule has 150 valence electrons. The SMILES string of the molecule is C=C(Cl)C=C(C)N1N=C(c2ccccc2C)C(C(=O)O)C1c1c(C)cccc1C. The van der Waals surface area contributed by atoms with Crippen LogP contribution < -0.4 is 0 Å². The summed E-state index contributed by atoms with van der Waals surface area (Å²) in [6.45, 7) is 11.6. The van der Waals surface area contributed by atoms with Gasteiger partial charge in [0.05, 0.1) is 11.8 Å². The molecule has 0 spiro atoms. The van der Waals surface area contributed by atoms with Crippen LogP contribution in [-0.2, 0) is 4.79 Å². The fourth-order valence-electron chi connectivity index (χ4n) is 4.04. The number of rotatable bonds is 5. The molecule has 0 aliphatic carbocycles. The Morgan fingerprint density at radius 3 is 2.24 bits per heavy atom. The van der Waals surface area contributed by atoms with E-state index in [9.17, 15) is 9.90 Å². The Morgan fingerprint density at radius 2 is 1.69 bits per heavy atom. The van der Waals surface area contributed by atoms with Crippen molar-refractivity contribution in [2.24, 2.45) is 11.0 Å². The zero-order chi connectivity index (χ0) is 21.3. The minimum atomic E-state index is -0.903. The molecule has 5 heteroatoms. The Morgan fingerprint density at radius 1 is 1.10 bits per heavy atom. The molecule has 0 radical (unpaired) electrons. The summed E-state index contributed by atoms with van der Waals surface area (Å²) >= 11 is 6.02. The number of nitrogens with zero attached hydrogens (tertiary/aromatic N) is 2. The van der Waals surface area contributed by atoms with Crippen LogP contribution in [0.15, 0.2) is 71.0 Å². The Bertz CT molecular complexity index is 1020. The van der Waals surface area contributed by atoms with Crippen molar-refractivity contribution in [3.8, 4) is 0 Å². The van der Waals surface area contributed by atoms with E-state index in [0.29, 0.717) is 10.7 Å². The summed E-state index contributed by atoms with van der Waals surface area (Å²) in [6.07, 6.45) is 1.71. The van der Waals surface area contributed by atoms with Gasteiger partial charge in [-0.15, -0.1) is 0 Å². The van der Waals surface area contributed by atoms with Crippen molar-refractivity contribution in [2.45, 2.75) is 33.7 Å². The molecule has 3 rings (SSSR count). The summed E-state index contributed by atoms with van der Waals surface area (Å²) in [5.74, 6) is -1.72. The van der Waals surface area contributed by atoms with Crippen molar-refractivity contribution in [1.29, 1.82) is 0 Å². The first-order valence-corrected chi connectivity index (χ1v) is 9.85. The van der Waals surface area contributed by atoms with Crippen LogP contribution in [0.4, 0.5) is 0 Å². The number of aryl methyl sites for hydroxylation is 3. The van der Waals surface area contributed by atoms with Crippen molar-refractivity contribution in [3.05, 3.63) is 93.7 Å². The second-order valence-corrected chi connectivity index (χ2v) is 7.93. The van der Waals surface area contributed by atoms with Gasteiger partial charge in [-0.25, -0.2) is 0 Å². The molecule has 0 aromatic heterocycles. The number of aliphatic carboxylic acids is 1. The normalized spacial score (nSPS) is 19.3. The third-order valence-electron chi connectivity index (χ3n) is 5.34. The van der Waals surface area contributed by atoms with Gasteiger partial charge in [0.2, 0.25) is 0 Å². The number of halogens is 1. The molecule has 29 heavy (non-hydrogen) atoms. The van der Waals surface area contributed by atoms with Gasteiger partial charge in [0.15, 0.2) is 0 Å².